The topological polar surface area (TPSA) is 132 Å². The maximum atomic E-state index is 13.0. The van der Waals surface area contributed by atoms with Crippen LogP contribution in [-0.2, 0) is 11.8 Å². The van der Waals surface area contributed by atoms with Crippen molar-refractivity contribution in [2.24, 2.45) is 5.73 Å². The van der Waals surface area contributed by atoms with Crippen molar-refractivity contribution in [2.75, 3.05) is 5.32 Å². The van der Waals surface area contributed by atoms with Gasteiger partial charge in [0.05, 0.1) is 4.88 Å². The lowest BCUT2D eigenvalue weighted by molar-refractivity contribution is -0.141. The van der Waals surface area contributed by atoms with Crippen LogP contribution in [0.1, 0.15) is 58.6 Å². The summed E-state index contributed by atoms with van der Waals surface area (Å²) < 4.78 is 40.8. The smallest absolute Gasteiger partial charge is 0.383 e. The number of aliphatic hydroxyl groups is 1. The molecule has 1 aliphatic carbocycles. The fourth-order valence-electron chi connectivity index (χ4n) is 4.70. The number of aromatic nitrogens is 5. The number of anilines is 2. The molecule has 0 bridgehead atoms. The maximum Gasteiger partial charge on any atom is 0.433 e. The molecule has 198 valence electrons. The van der Waals surface area contributed by atoms with Gasteiger partial charge in [0.2, 0.25) is 5.95 Å². The second-order valence-electron chi connectivity index (χ2n) is 9.29. The highest BCUT2D eigenvalue weighted by Crippen LogP contribution is 2.44. The fraction of sp³-hybridized carbons (Fsp3) is 0.320. The third-order valence-corrected chi connectivity index (χ3v) is 7.77. The van der Waals surface area contributed by atoms with E-state index in [1.54, 1.807) is 29.1 Å². The normalized spacial score (nSPS) is 19.9. The molecule has 1 fully saturated rings. The van der Waals surface area contributed by atoms with Crippen molar-refractivity contribution in [2.45, 2.75) is 50.4 Å². The summed E-state index contributed by atoms with van der Waals surface area (Å²) in [4.78, 5) is 28.4. The number of benzene rings is 1. The lowest BCUT2D eigenvalue weighted by Crippen LogP contribution is -2.33. The van der Waals surface area contributed by atoms with Crippen LogP contribution in [0.5, 0.6) is 0 Å². The van der Waals surface area contributed by atoms with Crippen LogP contribution in [0.15, 0.2) is 49.1 Å². The van der Waals surface area contributed by atoms with E-state index in [0.29, 0.717) is 36.4 Å². The summed E-state index contributed by atoms with van der Waals surface area (Å²) in [5.74, 6) is -0.548. The van der Waals surface area contributed by atoms with Gasteiger partial charge in [-0.05, 0) is 61.9 Å². The monoisotopic (exact) mass is 543 g/mol. The molecule has 0 atom stereocenters. The van der Waals surface area contributed by atoms with Crippen LogP contribution in [0, 0.1) is 6.92 Å². The van der Waals surface area contributed by atoms with Crippen LogP contribution in [0.2, 0.25) is 0 Å². The summed E-state index contributed by atoms with van der Waals surface area (Å²) in [6, 6.07) is 6.30. The first-order valence-electron chi connectivity index (χ1n) is 11.8. The third kappa shape index (κ3) is 5.24. The first-order chi connectivity index (χ1) is 18.0. The fourth-order valence-corrected chi connectivity index (χ4v) is 5.75. The van der Waals surface area contributed by atoms with Crippen molar-refractivity contribution < 1.29 is 23.1 Å². The van der Waals surface area contributed by atoms with Gasteiger partial charge in [-0.25, -0.2) is 19.9 Å². The summed E-state index contributed by atoms with van der Waals surface area (Å²) in [6.45, 7) is 1.87. The van der Waals surface area contributed by atoms with Crippen molar-refractivity contribution in [3.05, 3.63) is 71.1 Å². The van der Waals surface area contributed by atoms with Crippen LogP contribution in [0.25, 0.3) is 10.4 Å². The number of amides is 1. The van der Waals surface area contributed by atoms with Gasteiger partial charge in [-0.1, -0.05) is 6.07 Å². The molecule has 4 N–H and O–H groups in total. The van der Waals surface area contributed by atoms with Crippen LogP contribution >= 0.6 is 11.3 Å². The van der Waals surface area contributed by atoms with Gasteiger partial charge in [0.25, 0.3) is 5.91 Å². The van der Waals surface area contributed by atoms with Crippen LogP contribution in [-0.4, -0.2) is 35.5 Å². The molecule has 38 heavy (non-hydrogen) atoms. The second kappa shape index (κ2) is 9.80. The molecule has 1 aliphatic rings. The van der Waals surface area contributed by atoms with Gasteiger partial charge >= 0.3 is 6.18 Å². The van der Waals surface area contributed by atoms with Crippen molar-refractivity contribution in [1.82, 2.24) is 24.5 Å². The van der Waals surface area contributed by atoms with Crippen molar-refractivity contribution >= 4 is 28.9 Å². The Balaban J connectivity index is 1.33. The van der Waals surface area contributed by atoms with E-state index in [0.717, 1.165) is 28.3 Å². The molecule has 3 aromatic heterocycles. The zero-order valence-corrected chi connectivity index (χ0v) is 21.1. The highest BCUT2D eigenvalue weighted by molar-refractivity contribution is 7.15. The minimum absolute atomic E-state index is 0.00294. The highest BCUT2D eigenvalue weighted by Gasteiger charge is 2.38. The van der Waals surface area contributed by atoms with Gasteiger partial charge in [0, 0.05) is 36.5 Å². The molecule has 0 radical (unpaired) electrons. The highest BCUT2D eigenvalue weighted by atomic mass is 32.1. The second-order valence-corrected chi connectivity index (χ2v) is 10.3. The van der Waals surface area contributed by atoms with E-state index in [2.05, 4.69) is 25.3 Å². The molecule has 1 aromatic carbocycles. The van der Waals surface area contributed by atoms with E-state index in [4.69, 9.17) is 5.73 Å². The largest absolute Gasteiger partial charge is 0.433 e. The molecule has 0 unspecified atom stereocenters. The number of halogens is 3. The Kier molecular flexibility index (Phi) is 6.65. The lowest BCUT2D eigenvalue weighted by Gasteiger charge is -2.35. The van der Waals surface area contributed by atoms with Gasteiger partial charge < -0.3 is 20.7 Å². The zero-order chi connectivity index (χ0) is 27.1. The first-order valence-corrected chi connectivity index (χ1v) is 12.6. The molecule has 5 rings (SSSR count). The minimum Gasteiger partial charge on any atom is -0.383 e. The van der Waals surface area contributed by atoms with E-state index in [1.165, 1.54) is 17.5 Å². The number of hydrogen-bond acceptors (Lipinski definition) is 8. The lowest BCUT2D eigenvalue weighted by atomic mass is 9.82. The van der Waals surface area contributed by atoms with Crippen molar-refractivity contribution in [1.29, 1.82) is 0 Å². The number of nitrogens with zero attached hydrogens (tertiary/aromatic N) is 5. The molecular weight excluding hydrogens is 519 g/mol. The van der Waals surface area contributed by atoms with E-state index in [1.807, 2.05) is 13.0 Å². The van der Waals surface area contributed by atoms with Gasteiger partial charge in [-0.2, -0.15) is 13.2 Å². The summed E-state index contributed by atoms with van der Waals surface area (Å²) in [5, 5.41) is 14.8. The Morgan fingerprint density at radius 2 is 1.95 bits per heavy atom. The molecule has 1 saturated carbocycles. The molecular formula is C25H24F3N7O2S. The van der Waals surface area contributed by atoms with Gasteiger partial charge in [0.15, 0.2) is 5.82 Å². The molecule has 0 saturated heterocycles. The average Bonchev–Trinajstić information content (AvgIpc) is 3.55. The van der Waals surface area contributed by atoms with E-state index >= 15 is 0 Å². The Bertz CT molecular complexity index is 1480. The van der Waals surface area contributed by atoms with Gasteiger partial charge in [-0.3, -0.25) is 4.79 Å². The van der Waals surface area contributed by atoms with Crippen LogP contribution < -0.4 is 11.1 Å². The first kappa shape index (κ1) is 25.8. The summed E-state index contributed by atoms with van der Waals surface area (Å²) >= 11 is 1.37. The quantitative estimate of drug-likeness (QED) is 0.313. The Morgan fingerprint density at radius 1 is 1.18 bits per heavy atom. The number of hydrogen-bond donors (Lipinski definition) is 3. The summed E-state index contributed by atoms with van der Waals surface area (Å²) in [6.07, 6.45) is 3.59. The summed E-state index contributed by atoms with van der Waals surface area (Å²) in [5.41, 5.74) is 5.48. The van der Waals surface area contributed by atoms with E-state index in [-0.39, 0.29) is 17.8 Å². The maximum absolute atomic E-state index is 13.0. The number of thiazole rings is 1. The number of imidazole rings is 1. The predicted octanol–water partition coefficient (Wildman–Crippen LogP) is 4.97. The molecule has 9 nitrogen and oxygen atoms in total. The summed E-state index contributed by atoms with van der Waals surface area (Å²) in [7, 11) is 0. The number of aryl methyl sites for hydroxylation is 1. The number of nitrogens with one attached hydrogen (secondary N) is 1. The zero-order valence-electron chi connectivity index (χ0n) is 20.2. The van der Waals surface area contributed by atoms with Gasteiger partial charge in [0.1, 0.15) is 16.3 Å². The van der Waals surface area contributed by atoms with E-state index < -0.39 is 23.4 Å². The Morgan fingerprint density at radius 3 is 2.66 bits per heavy atom. The van der Waals surface area contributed by atoms with Crippen molar-refractivity contribution in [3.63, 3.8) is 0 Å². The molecule has 0 aliphatic heterocycles. The van der Waals surface area contributed by atoms with Crippen LogP contribution in [0.3, 0.4) is 0 Å². The average molecular weight is 544 g/mol. The number of carbonyl (C=O) groups excluding carboxylic acids is 1. The Labute approximate surface area is 219 Å². The number of nitrogens with two attached hydrogens (primary N) is 1. The standard InChI is InChI=1S/C25H24F3N7O2S/c1-14-10-15(12-16(11-14)33-23-31-7-4-19(34-23)25(26,27)28)18-13-32-22(38-18)24(37)5-2-17(3-6-24)35-9-8-30-21(35)20(29)36/h4,7-13,17,37H,2-3,5-6H2,1H3,(H2,29,36)(H,31,33,34). The SMILES string of the molecule is Cc1cc(Nc2nccc(C(F)(F)F)n2)cc(-c2cnc(C3(O)CCC(n4ccnc4C(N)=O)CC3)s2)c1. The predicted molar refractivity (Wildman–Crippen MR) is 135 cm³/mol. The number of rotatable bonds is 6. The van der Waals surface area contributed by atoms with Crippen LogP contribution in [0.4, 0.5) is 24.8 Å². The minimum atomic E-state index is -4.57. The molecule has 4 aromatic rings. The number of carbonyl (C=O) groups is 1. The Hall–Kier alpha value is -3.84. The van der Waals surface area contributed by atoms with Gasteiger partial charge in [-0.15, -0.1) is 11.3 Å². The molecule has 0 spiro atoms. The number of alkyl halides is 3. The molecule has 3 heterocycles. The number of primary amides is 1. The van der Waals surface area contributed by atoms with E-state index in [9.17, 15) is 23.1 Å². The molecule has 13 heteroatoms. The van der Waals surface area contributed by atoms with Crippen molar-refractivity contribution in [3.8, 4) is 10.4 Å². The third-order valence-electron chi connectivity index (χ3n) is 6.53. The molecule has 1 amide bonds.